The standard InChI is InChI=1S/C38H42N2O6/c1-38(2,3)46-37(42)40-21-19-32(20-22-40)39-36(41)31-23-33(43-25-28-13-7-4-8-14-28)35(45-27-30-17-11-6-12-18-30)34(24-31)44-26-29-15-9-5-10-16-29/h4-18,23-24,32H,19-22,25-27H2,1-3H3,(H,39,41). The van der Waals surface area contributed by atoms with Crippen molar-refractivity contribution in [2.24, 2.45) is 0 Å². The summed E-state index contributed by atoms with van der Waals surface area (Å²) in [6.45, 7) is 7.43. The summed E-state index contributed by atoms with van der Waals surface area (Å²) in [5.74, 6) is 1.00. The average molecular weight is 623 g/mol. The summed E-state index contributed by atoms with van der Waals surface area (Å²) in [7, 11) is 0. The van der Waals surface area contributed by atoms with E-state index in [-0.39, 0.29) is 31.3 Å². The van der Waals surface area contributed by atoms with Crippen LogP contribution in [0.2, 0.25) is 0 Å². The lowest BCUT2D eigenvalue weighted by Crippen LogP contribution is -2.47. The van der Waals surface area contributed by atoms with Gasteiger partial charge >= 0.3 is 6.09 Å². The number of hydrogen-bond acceptors (Lipinski definition) is 6. The first-order valence-electron chi connectivity index (χ1n) is 15.7. The van der Waals surface area contributed by atoms with E-state index in [9.17, 15) is 9.59 Å². The highest BCUT2D eigenvalue weighted by Crippen LogP contribution is 2.40. The van der Waals surface area contributed by atoms with Gasteiger partial charge in [-0.2, -0.15) is 0 Å². The van der Waals surface area contributed by atoms with Crippen molar-refractivity contribution >= 4 is 12.0 Å². The number of hydrogen-bond donors (Lipinski definition) is 1. The summed E-state index contributed by atoms with van der Waals surface area (Å²) >= 11 is 0. The molecule has 0 radical (unpaired) electrons. The molecule has 8 heteroatoms. The van der Waals surface area contributed by atoms with Crippen molar-refractivity contribution in [2.45, 2.75) is 65.1 Å². The molecule has 0 saturated carbocycles. The van der Waals surface area contributed by atoms with Gasteiger partial charge in [0.15, 0.2) is 11.5 Å². The maximum Gasteiger partial charge on any atom is 0.410 e. The van der Waals surface area contributed by atoms with E-state index in [1.807, 2.05) is 112 Å². The van der Waals surface area contributed by atoms with Gasteiger partial charge in [0.2, 0.25) is 5.75 Å². The maximum atomic E-state index is 13.7. The summed E-state index contributed by atoms with van der Waals surface area (Å²) < 4.78 is 24.5. The number of nitrogens with zero attached hydrogens (tertiary/aromatic N) is 1. The maximum absolute atomic E-state index is 13.7. The van der Waals surface area contributed by atoms with Crippen LogP contribution in [0.15, 0.2) is 103 Å². The molecule has 0 aliphatic carbocycles. The third-order valence-corrected chi connectivity index (χ3v) is 7.47. The topological polar surface area (TPSA) is 86.3 Å². The Morgan fingerprint density at radius 2 is 1.13 bits per heavy atom. The Morgan fingerprint density at radius 3 is 1.57 bits per heavy atom. The van der Waals surface area contributed by atoms with Gasteiger partial charge in [-0.05, 0) is 62.4 Å². The SMILES string of the molecule is CC(C)(C)OC(=O)N1CCC(NC(=O)c2cc(OCc3ccccc3)c(OCc3ccccc3)c(OCc3ccccc3)c2)CC1. The van der Waals surface area contributed by atoms with Gasteiger partial charge in [-0.1, -0.05) is 91.0 Å². The number of rotatable bonds is 11. The fourth-order valence-corrected chi connectivity index (χ4v) is 5.07. The molecule has 0 bridgehead atoms. The highest BCUT2D eigenvalue weighted by Gasteiger charge is 2.28. The van der Waals surface area contributed by atoms with Gasteiger partial charge in [-0.3, -0.25) is 4.79 Å². The van der Waals surface area contributed by atoms with E-state index >= 15 is 0 Å². The molecule has 5 rings (SSSR count). The zero-order chi connectivity index (χ0) is 32.4. The number of amides is 2. The first kappa shape index (κ1) is 32.4. The molecule has 0 atom stereocenters. The van der Waals surface area contributed by atoms with Gasteiger partial charge in [-0.15, -0.1) is 0 Å². The van der Waals surface area contributed by atoms with Gasteiger partial charge in [-0.25, -0.2) is 4.79 Å². The number of nitrogens with one attached hydrogen (secondary N) is 1. The summed E-state index contributed by atoms with van der Waals surface area (Å²) in [4.78, 5) is 27.9. The Morgan fingerprint density at radius 1 is 0.696 bits per heavy atom. The molecular formula is C38H42N2O6. The van der Waals surface area contributed by atoms with Crippen LogP contribution in [0.3, 0.4) is 0 Å². The number of ether oxygens (including phenoxy) is 4. The van der Waals surface area contributed by atoms with Crippen molar-refractivity contribution < 1.29 is 28.5 Å². The highest BCUT2D eigenvalue weighted by molar-refractivity contribution is 5.95. The molecule has 240 valence electrons. The molecule has 1 saturated heterocycles. The van der Waals surface area contributed by atoms with E-state index in [4.69, 9.17) is 18.9 Å². The van der Waals surface area contributed by atoms with Crippen LogP contribution in [-0.2, 0) is 24.6 Å². The Kier molecular flexibility index (Phi) is 10.8. The van der Waals surface area contributed by atoms with Crippen molar-refractivity contribution in [3.63, 3.8) is 0 Å². The highest BCUT2D eigenvalue weighted by atomic mass is 16.6. The van der Waals surface area contributed by atoms with Crippen molar-refractivity contribution in [2.75, 3.05) is 13.1 Å². The van der Waals surface area contributed by atoms with Crippen LogP contribution in [-0.4, -0.2) is 41.6 Å². The molecule has 2 amide bonds. The molecule has 4 aromatic rings. The fraction of sp³-hybridized carbons (Fsp3) is 0.316. The van der Waals surface area contributed by atoms with Crippen LogP contribution >= 0.6 is 0 Å². The average Bonchev–Trinajstić information content (AvgIpc) is 3.06. The Balaban J connectivity index is 1.38. The van der Waals surface area contributed by atoms with Crippen molar-refractivity contribution in [1.82, 2.24) is 10.2 Å². The Hall–Kier alpha value is -4.98. The zero-order valence-electron chi connectivity index (χ0n) is 26.7. The molecule has 1 aliphatic rings. The zero-order valence-corrected chi connectivity index (χ0v) is 26.7. The molecule has 1 fully saturated rings. The molecule has 1 aliphatic heterocycles. The van der Waals surface area contributed by atoms with Crippen LogP contribution in [0.4, 0.5) is 4.79 Å². The number of carbonyl (C=O) groups excluding carboxylic acids is 2. The smallest absolute Gasteiger partial charge is 0.410 e. The van der Waals surface area contributed by atoms with E-state index in [1.54, 1.807) is 17.0 Å². The number of carbonyl (C=O) groups is 2. The van der Waals surface area contributed by atoms with Crippen molar-refractivity contribution in [1.29, 1.82) is 0 Å². The monoisotopic (exact) mass is 622 g/mol. The number of likely N-dealkylation sites (tertiary alicyclic amines) is 1. The first-order valence-corrected chi connectivity index (χ1v) is 15.7. The molecular weight excluding hydrogens is 580 g/mol. The van der Waals surface area contributed by atoms with Crippen LogP contribution in [0.25, 0.3) is 0 Å². The second-order valence-electron chi connectivity index (χ2n) is 12.3. The van der Waals surface area contributed by atoms with E-state index in [0.717, 1.165) is 16.7 Å². The van der Waals surface area contributed by atoms with Crippen molar-refractivity contribution in [3.05, 3.63) is 125 Å². The number of benzene rings is 4. The molecule has 8 nitrogen and oxygen atoms in total. The molecule has 1 N–H and O–H groups in total. The lowest BCUT2D eigenvalue weighted by Gasteiger charge is -2.33. The van der Waals surface area contributed by atoms with E-state index < -0.39 is 5.60 Å². The van der Waals surface area contributed by atoms with E-state index in [2.05, 4.69) is 5.32 Å². The van der Waals surface area contributed by atoms with E-state index in [1.165, 1.54) is 0 Å². The lowest BCUT2D eigenvalue weighted by atomic mass is 10.0. The summed E-state index contributed by atoms with van der Waals surface area (Å²) in [5, 5.41) is 3.15. The summed E-state index contributed by atoms with van der Waals surface area (Å²) in [6, 6.07) is 32.9. The van der Waals surface area contributed by atoms with Crippen LogP contribution in [0, 0.1) is 0 Å². The number of piperidine rings is 1. The van der Waals surface area contributed by atoms with Crippen molar-refractivity contribution in [3.8, 4) is 17.2 Å². The van der Waals surface area contributed by atoms with Gasteiger partial charge < -0.3 is 29.2 Å². The molecule has 4 aromatic carbocycles. The third-order valence-electron chi connectivity index (χ3n) is 7.47. The second kappa shape index (κ2) is 15.3. The molecule has 0 spiro atoms. The quantitative estimate of drug-likeness (QED) is 0.186. The predicted octanol–water partition coefficient (Wildman–Crippen LogP) is 7.55. The van der Waals surface area contributed by atoms with Gasteiger partial charge in [0.1, 0.15) is 25.4 Å². The molecule has 1 heterocycles. The minimum Gasteiger partial charge on any atom is -0.485 e. The summed E-state index contributed by atoms with van der Waals surface area (Å²) in [5.41, 5.74) is 2.79. The molecule has 0 aromatic heterocycles. The molecule has 0 unspecified atom stereocenters. The van der Waals surface area contributed by atoms with Gasteiger partial charge in [0, 0.05) is 24.7 Å². The Labute approximate surface area is 271 Å². The molecule has 46 heavy (non-hydrogen) atoms. The lowest BCUT2D eigenvalue weighted by molar-refractivity contribution is 0.0199. The van der Waals surface area contributed by atoms with Crippen LogP contribution < -0.4 is 19.5 Å². The minimum absolute atomic E-state index is 0.0948. The third kappa shape index (κ3) is 9.51. The first-order chi connectivity index (χ1) is 22.2. The van der Waals surface area contributed by atoms with Gasteiger partial charge in [0.05, 0.1) is 0 Å². The van der Waals surface area contributed by atoms with E-state index in [0.29, 0.717) is 55.4 Å². The Bertz CT molecular complexity index is 1500. The second-order valence-corrected chi connectivity index (χ2v) is 12.3. The predicted molar refractivity (Wildman–Crippen MR) is 177 cm³/mol. The largest absolute Gasteiger partial charge is 0.485 e. The van der Waals surface area contributed by atoms with Gasteiger partial charge in [0.25, 0.3) is 5.91 Å². The normalized spacial score (nSPS) is 13.5. The minimum atomic E-state index is -0.556. The van der Waals surface area contributed by atoms with Crippen LogP contribution in [0.1, 0.15) is 60.7 Å². The van der Waals surface area contributed by atoms with Crippen LogP contribution in [0.5, 0.6) is 17.2 Å². The summed E-state index contributed by atoms with van der Waals surface area (Å²) in [6.07, 6.45) is 0.916. The fourth-order valence-electron chi connectivity index (χ4n) is 5.07.